The molecule has 0 unspecified atom stereocenters. The number of para-hydroxylation sites is 1. The minimum Gasteiger partial charge on any atom is -0.493 e. The molecule has 0 N–H and O–H groups in total. The smallest absolute Gasteiger partial charge is 0.163 e. The summed E-state index contributed by atoms with van der Waals surface area (Å²) in [5.74, 6) is 4.11. The summed E-state index contributed by atoms with van der Waals surface area (Å²) in [7, 11) is 4.90. The van der Waals surface area contributed by atoms with Gasteiger partial charge in [-0.1, -0.05) is 18.2 Å². The lowest BCUT2D eigenvalue weighted by atomic mass is 10.1. The van der Waals surface area contributed by atoms with Crippen LogP contribution in [0.3, 0.4) is 0 Å². The van der Waals surface area contributed by atoms with Crippen molar-refractivity contribution in [1.82, 2.24) is 9.97 Å². The summed E-state index contributed by atoms with van der Waals surface area (Å²) >= 11 is 0. The maximum absolute atomic E-state index is 5.85. The van der Waals surface area contributed by atoms with Crippen LogP contribution < -0.4 is 28.7 Å². The maximum Gasteiger partial charge on any atom is 0.163 e. The number of fused-ring (bicyclic) bond motifs is 1. The number of rotatable bonds is 8. The number of piperazine rings is 1. The van der Waals surface area contributed by atoms with Crippen LogP contribution in [0, 0.1) is 0 Å². The zero-order chi connectivity index (χ0) is 25.8. The minimum atomic E-state index is 0.532. The molecule has 0 bridgehead atoms. The molecule has 1 aromatic heterocycles. The van der Waals surface area contributed by atoms with Crippen molar-refractivity contribution in [1.29, 1.82) is 0 Å². The first kappa shape index (κ1) is 24.5. The van der Waals surface area contributed by atoms with Crippen molar-refractivity contribution in [3.05, 3.63) is 60.7 Å². The fourth-order valence-corrected chi connectivity index (χ4v) is 4.71. The molecule has 1 fully saturated rings. The summed E-state index contributed by atoms with van der Waals surface area (Å²) in [6, 6.07) is 20.2. The third-order valence-corrected chi connectivity index (χ3v) is 6.60. The molecule has 0 aliphatic carbocycles. The molecule has 8 heteroatoms. The van der Waals surface area contributed by atoms with Crippen molar-refractivity contribution in [2.45, 2.75) is 6.92 Å². The standard InChI is InChI=1S/C29H32N4O4/c1-5-37-27-19-23-22(18-26(27)36-4)29(33-15-13-32(14-16-33)21-9-7-6-8-10-21)31-28(30-23)20-11-12-24(34-2)25(17-20)35-3/h6-12,17-19H,5,13-16H2,1-4H3. The van der Waals surface area contributed by atoms with E-state index < -0.39 is 0 Å². The lowest BCUT2D eigenvalue weighted by Gasteiger charge is -2.37. The predicted octanol–water partition coefficient (Wildman–Crippen LogP) is 5.05. The highest BCUT2D eigenvalue weighted by atomic mass is 16.5. The van der Waals surface area contributed by atoms with E-state index in [0.29, 0.717) is 35.4 Å². The fourth-order valence-electron chi connectivity index (χ4n) is 4.71. The Morgan fingerprint density at radius 1 is 0.703 bits per heavy atom. The van der Waals surface area contributed by atoms with Gasteiger partial charge in [-0.25, -0.2) is 9.97 Å². The van der Waals surface area contributed by atoms with Gasteiger partial charge in [0.25, 0.3) is 0 Å². The highest BCUT2D eigenvalue weighted by Crippen LogP contribution is 2.38. The highest BCUT2D eigenvalue weighted by molar-refractivity contribution is 5.93. The number of anilines is 2. The molecular weight excluding hydrogens is 468 g/mol. The Hall–Kier alpha value is -4.20. The Bertz CT molecular complexity index is 1370. The van der Waals surface area contributed by atoms with Crippen molar-refractivity contribution in [3.63, 3.8) is 0 Å². The van der Waals surface area contributed by atoms with Gasteiger partial charge < -0.3 is 28.7 Å². The van der Waals surface area contributed by atoms with Gasteiger partial charge in [-0.3, -0.25) is 0 Å². The molecule has 4 aromatic rings. The number of benzene rings is 3. The van der Waals surface area contributed by atoms with Gasteiger partial charge >= 0.3 is 0 Å². The number of methoxy groups -OCH3 is 3. The van der Waals surface area contributed by atoms with Gasteiger partial charge in [-0.15, -0.1) is 0 Å². The van der Waals surface area contributed by atoms with Crippen LogP contribution in [-0.2, 0) is 0 Å². The summed E-state index contributed by atoms with van der Waals surface area (Å²) in [4.78, 5) is 14.7. The second kappa shape index (κ2) is 10.8. The van der Waals surface area contributed by atoms with Gasteiger partial charge in [0.05, 0.1) is 33.5 Å². The number of nitrogens with zero attached hydrogens (tertiary/aromatic N) is 4. The molecule has 192 valence electrons. The van der Waals surface area contributed by atoms with Crippen LogP contribution in [0.15, 0.2) is 60.7 Å². The van der Waals surface area contributed by atoms with Crippen molar-refractivity contribution in [2.75, 3.05) is 63.9 Å². The van der Waals surface area contributed by atoms with Crippen molar-refractivity contribution >= 4 is 22.4 Å². The molecule has 2 heterocycles. The third kappa shape index (κ3) is 4.91. The average Bonchev–Trinajstić information content (AvgIpc) is 2.96. The topological polar surface area (TPSA) is 69.2 Å². The zero-order valence-electron chi connectivity index (χ0n) is 21.7. The molecule has 0 amide bonds. The third-order valence-electron chi connectivity index (χ3n) is 6.60. The number of hydrogen-bond acceptors (Lipinski definition) is 8. The fraction of sp³-hybridized carbons (Fsp3) is 0.310. The summed E-state index contributed by atoms with van der Waals surface area (Å²) in [6.45, 7) is 5.95. The monoisotopic (exact) mass is 500 g/mol. The van der Waals surface area contributed by atoms with Gasteiger partial charge in [0.15, 0.2) is 28.8 Å². The van der Waals surface area contributed by atoms with Crippen LogP contribution in [0.2, 0.25) is 0 Å². The summed E-state index contributed by atoms with van der Waals surface area (Å²) in [5.41, 5.74) is 2.88. The van der Waals surface area contributed by atoms with E-state index in [2.05, 4.69) is 34.1 Å². The number of ether oxygens (including phenoxy) is 4. The molecule has 0 spiro atoms. The van der Waals surface area contributed by atoms with Crippen LogP contribution in [0.25, 0.3) is 22.3 Å². The first-order chi connectivity index (χ1) is 18.1. The molecule has 1 aliphatic heterocycles. The SMILES string of the molecule is CCOc1cc2nc(-c3ccc(OC)c(OC)c3)nc(N3CCN(c4ccccc4)CC3)c2cc1OC. The van der Waals surface area contributed by atoms with E-state index in [4.69, 9.17) is 28.9 Å². The Labute approximate surface area is 217 Å². The maximum atomic E-state index is 5.85. The van der Waals surface area contributed by atoms with Crippen molar-refractivity contribution in [3.8, 4) is 34.4 Å². The molecule has 37 heavy (non-hydrogen) atoms. The molecule has 8 nitrogen and oxygen atoms in total. The second-order valence-electron chi connectivity index (χ2n) is 8.70. The number of hydrogen-bond donors (Lipinski definition) is 0. The molecule has 1 saturated heterocycles. The molecule has 3 aromatic carbocycles. The van der Waals surface area contributed by atoms with E-state index in [-0.39, 0.29) is 0 Å². The lowest BCUT2D eigenvalue weighted by Crippen LogP contribution is -2.47. The quantitative estimate of drug-likeness (QED) is 0.333. The van der Waals surface area contributed by atoms with Gasteiger partial charge in [-0.05, 0) is 43.3 Å². The van der Waals surface area contributed by atoms with Crippen molar-refractivity contribution < 1.29 is 18.9 Å². The van der Waals surface area contributed by atoms with Gasteiger partial charge in [0, 0.05) is 48.9 Å². The van der Waals surface area contributed by atoms with Crippen molar-refractivity contribution in [2.24, 2.45) is 0 Å². The molecule has 5 rings (SSSR count). The Balaban J connectivity index is 1.58. The lowest BCUT2D eigenvalue weighted by molar-refractivity contribution is 0.311. The summed E-state index contributed by atoms with van der Waals surface area (Å²) in [6.07, 6.45) is 0. The van der Waals surface area contributed by atoms with Crippen LogP contribution in [0.5, 0.6) is 23.0 Å². The van der Waals surface area contributed by atoms with Gasteiger partial charge in [-0.2, -0.15) is 0 Å². The average molecular weight is 501 g/mol. The molecular formula is C29H32N4O4. The zero-order valence-corrected chi connectivity index (χ0v) is 21.7. The Kier molecular flexibility index (Phi) is 7.16. The first-order valence-corrected chi connectivity index (χ1v) is 12.4. The predicted molar refractivity (Wildman–Crippen MR) is 147 cm³/mol. The molecule has 1 aliphatic rings. The molecule has 0 atom stereocenters. The number of aromatic nitrogens is 2. The van der Waals surface area contributed by atoms with E-state index in [1.54, 1.807) is 21.3 Å². The van der Waals surface area contributed by atoms with E-state index in [1.165, 1.54) is 5.69 Å². The second-order valence-corrected chi connectivity index (χ2v) is 8.70. The normalized spacial score (nSPS) is 13.5. The van der Waals surface area contributed by atoms with E-state index >= 15 is 0 Å². The van der Waals surface area contributed by atoms with E-state index in [9.17, 15) is 0 Å². The van der Waals surface area contributed by atoms with E-state index in [1.807, 2.05) is 43.3 Å². The van der Waals surface area contributed by atoms with Gasteiger partial charge in [0.2, 0.25) is 0 Å². The van der Waals surface area contributed by atoms with Crippen LogP contribution in [-0.4, -0.2) is 64.1 Å². The summed E-state index contributed by atoms with van der Waals surface area (Å²) in [5, 5.41) is 0.928. The van der Waals surface area contributed by atoms with Crippen LogP contribution in [0.1, 0.15) is 6.92 Å². The van der Waals surface area contributed by atoms with E-state index in [0.717, 1.165) is 48.5 Å². The molecule has 0 radical (unpaired) electrons. The Morgan fingerprint density at radius 2 is 1.38 bits per heavy atom. The largest absolute Gasteiger partial charge is 0.493 e. The highest BCUT2D eigenvalue weighted by Gasteiger charge is 2.23. The van der Waals surface area contributed by atoms with Crippen LogP contribution in [0.4, 0.5) is 11.5 Å². The minimum absolute atomic E-state index is 0.532. The Morgan fingerprint density at radius 3 is 2.05 bits per heavy atom. The summed E-state index contributed by atoms with van der Waals surface area (Å²) < 4.78 is 22.5. The molecule has 0 saturated carbocycles. The van der Waals surface area contributed by atoms with Crippen LogP contribution >= 0.6 is 0 Å². The van der Waals surface area contributed by atoms with Gasteiger partial charge in [0.1, 0.15) is 5.82 Å². The first-order valence-electron chi connectivity index (χ1n) is 12.4.